The molecule has 0 bridgehead atoms. The van der Waals surface area contributed by atoms with Gasteiger partial charge < -0.3 is 4.90 Å². The van der Waals surface area contributed by atoms with Crippen LogP contribution in [0.2, 0.25) is 0 Å². The lowest BCUT2D eigenvalue weighted by atomic mass is 9.98. The molecule has 2 atom stereocenters. The number of carbonyl (C=O) groups is 1. The van der Waals surface area contributed by atoms with Gasteiger partial charge in [-0.3, -0.25) is 14.4 Å². The largest absolute Gasteiger partial charge is 0.304 e. The fourth-order valence-electron chi connectivity index (χ4n) is 4.21. The van der Waals surface area contributed by atoms with Gasteiger partial charge in [0.25, 0.3) is 5.91 Å². The molecule has 1 aromatic carbocycles. The quantitative estimate of drug-likeness (QED) is 0.730. The number of amides is 1. The maximum atomic E-state index is 12.9. The zero-order chi connectivity index (χ0) is 20.0. The van der Waals surface area contributed by atoms with Crippen molar-refractivity contribution in [1.29, 1.82) is 0 Å². The van der Waals surface area contributed by atoms with E-state index in [0.29, 0.717) is 8.58 Å². The molecule has 0 saturated heterocycles. The summed E-state index contributed by atoms with van der Waals surface area (Å²) in [6, 6.07) is 6.26. The summed E-state index contributed by atoms with van der Waals surface area (Å²) in [5, 5.41) is 6.67. The lowest BCUT2D eigenvalue weighted by molar-refractivity contribution is -0.123. The topological polar surface area (TPSA) is 41.4 Å². The third-order valence-corrected chi connectivity index (χ3v) is 7.41. The molecule has 2 unspecified atom stereocenters. The van der Waals surface area contributed by atoms with Gasteiger partial charge in [-0.05, 0) is 47.1 Å². The van der Waals surface area contributed by atoms with Gasteiger partial charge in [-0.15, -0.1) is 0 Å². The first kappa shape index (κ1) is 18.5. The van der Waals surface area contributed by atoms with Gasteiger partial charge in [0.05, 0.1) is 11.3 Å². The van der Waals surface area contributed by atoms with Gasteiger partial charge in [-0.1, -0.05) is 39.8 Å². The highest BCUT2D eigenvalue weighted by Gasteiger charge is 2.29. The van der Waals surface area contributed by atoms with Crippen molar-refractivity contribution in [2.45, 2.75) is 19.1 Å². The van der Waals surface area contributed by atoms with Crippen LogP contribution in [0.15, 0.2) is 66.0 Å². The van der Waals surface area contributed by atoms with Crippen LogP contribution >= 0.6 is 8.58 Å². The number of hydrogen-bond donors (Lipinski definition) is 0. The number of hydrogen-bond acceptors (Lipinski definition) is 3. The molecule has 6 heteroatoms. The van der Waals surface area contributed by atoms with Gasteiger partial charge in [0.1, 0.15) is 0 Å². The van der Waals surface area contributed by atoms with Crippen LogP contribution in [0.5, 0.6) is 0 Å². The second-order valence-electron chi connectivity index (χ2n) is 7.79. The second kappa shape index (κ2) is 7.40. The molecule has 0 N–H and O–H groups in total. The molecule has 0 spiro atoms. The normalized spacial score (nSPS) is 23.2. The van der Waals surface area contributed by atoms with Crippen molar-refractivity contribution in [1.82, 2.24) is 19.6 Å². The molecule has 4 heterocycles. The number of fused-ring (bicyclic) bond motifs is 2. The van der Waals surface area contributed by atoms with Gasteiger partial charge in [0.2, 0.25) is 0 Å². The van der Waals surface area contributed by atoms with Crippen LogP contribution in [0.4, 0.5) is 0 Å². The van der Waals surface area contributed by atoms with E-state index in [4.69, 9.17) is 0 Å². The van der Waals surface area contributed by atoms with Crippen molar-refractivity contribution in [3.05, 3.63) is 71.6 Å². The summed E-state index contributed by atoms with van der Waals surface area (Å²) in [6.07, 6.45) is 13.7. The summed E-state index contributed by atoms with van der Waals surface area (Å²) >= 11 is 0. The Morgan fingerprint density at radius 2 is 2.21 bits per heavy atom. The second-order valence-corrected chi connectivity index (χ2v) is 9.20. The van der Waals surface area contributed by atoms with Gasteiger partial charge >= 0.3 is 0 Å². The number of likely N-dealkylation sites (N-methyl/N-ethyl adjacent to an activating group) is 1. The SMILES string of the molecule is CCN1CC=C(C2=CN3C(=O)C=C(c4ccc5nn(C)cc5c4)PC3C=C2)CC1. The van der Waals surface area contributed by atoms with Crippen molar-refractivity contribution in [2.24, 2.45) is 7.05 Å². The van der Waals surface area contributed by atoms with Crippen LogP contribution in [-0.2, 0) is 11.8 Å². The van der Waals surface area contributed by atoms with E-state index in [9.17, 15) is 4.79 Å². The Morgan fingerprint density at radius 1 is 1.31 bits per heavy atom. The summed E-state index contributed by atoms with van der Waals surface area (Å²) < 4.78 is 1.83. The highest BCUT2D eigenvalue weighted by atomic mass is 31.1. The molecule has 3 aliphatic rings. The smallest absolute Gasteiger partial charge is 0.252 e. The zero-order valence-electron chi connectivity index (χ0n) is 16.8. The summed E-state index contributed by atoms with van der Waals surface area (Å²) in [4.78, 5) is 17.3. The lowest BCUT2D eigenvalue weighted by Crippen LogP contribution is -2.36. The summed E-state index contributed by atoms with van der Waals surface area (Å²) in [6.45, 7) is 5.38. The van der Waals surface area contributed by atoms with Crippen molar-refractivity contribution >= 4 is 30.7 Å². The number of benzene rings is 1. The number of rotatable bonds is 3. The molecule has 0 radical (unpaired) electrons. The van der Waals surface area contributed by atoms with E-state index >= 15 is 0 Å². The molecule has 148 valence electrons. The predicted octanol–water partition coefficient (Wildman–Crippen LogP) is 3.87. The number of aromatic nitrogens is 2. The van der Waals surface area contributed by atoms with Crippen molar-refractivity contribution in [3.8, 4) is 0 Å². The van der Waals surface area contributed by atoms with Gasteiger partial charge in [-0.2, -0.15) is 5.10 Å². The Balaban J connectivity index is 1.40. The molecule has 0 aliphatic carbocycles. The predicted molar refractivity (Wildman–Crippen MR) is 120 cm³/mol. The molecule has 5 rings (SSSR count). The average Bonchev–Trinajstić information content (AvgIpc) is 3.12. The third kappa shape index (κ3) is 3.50. The zero-order valence-corrected chi connectivity index (χ0v) is 17.8. The number of allylic oxidation sites excluding steroid dienone is 2. The Morgan fingerprint density at radius 3 is 3.00 bits per heavy atom. The van der Waals surface area contributed by atoms with E-state index in [1.807, 2.05) is 35.0 Å². The molecule has 5 nitrogen and oxygen atoms in total. The standard InChI is InChI=1S/C23H25N4OP/c1-3-26-10-8-16(9-11-26)18-5-7-23-27(15-18)22(28)13-21(29-23)17-4-6-20-19(12-17)14-25(2)24-20/h4-8,12-15,23,29H,3,9-11H2,1-2H3. The molecular weight excluding hydrogens is 379 g/mol. The van der Waals surface area contributed by atoms with E-state index < -0.39 is 0 Å². The highest BCUT2D eigenvalue weighted by Crippen LogP contribution is 2.45. The average molecular weight is 404 g/mol. The van der Waals surface area contributed by atoms with Crippen LogP contribution in [0.1, 0.15) is 18.9 Å². The van der Waals surface area contributed by atoms with Crippen LogP contribution < -0.4 is 0 Å². The van der Waals surface area contributed by atoms with Crippen molar-refractivity contribution < 1.29 is 4.79 Å². The minimum Gasteiger partial charge on any atom is -0.304 e. The van der Waals surface area contributed by atoms with Crippen LogP contribution in [0.3, 0.4) is 0 Å². The van der Waals surface area contributed by atoms with Gasteiger partial charge in [-0.25, -0.2) is 0 Å². The Bertz CT molecular complexity index is 1110. The number of aryl methyl sites for hydroxylation is 1. The van der Waals surface area contributed by atoms with Gasteiger partial charge in [0.15, 0.2) is 0 Å². The molecule has 3 aliphatic heterocycles. The minimum absolute atomic E-state index is 0.0727. The van der Waals surface area contributed by atoms with Crippen molar-refractivity contribution in [3.63, 3.8) is 0 Å². The molecule has 1 aromatic heterocycles. The summed E-state index contributed by atoms with van der Waals surface area (Å²) in [5.41, 5.74) is 4.65. The molecule has 0 fully saturated rings. The van der Waals surface area contributed by atoms with E-state index in [2.05, 4.69) is 53.5 Å². The molecule has 1 amide bonds. The summed E-state index contributed by atoms with van der Waals surface area (Å²) in [7, 11) is 2.47. The van der Waals surface area contributed by atoms with Crippen molar-refractivity contribution in [2.75, 3.05) is 19.6 Å². The third-order valence-electron chi connectivity index (χ3n) is 5.90. The fourth-order valence-corrected chi connectivity index (χ4v) is 5.59. The molecule has 2 aromatic rings. The van der Waals surface area contributed by atoms with Crippen LogP contribution in [0.25, 0.3) is 16.2 Å². The van der Waals surface area contributed by atoms with Gasteiger partial charge in [0, 0.05) is 44.0 Å². The Labute approximate surface area is 172 Å². The van der Waals surface area contributed by atoms with E-state index in [0.717, 1.165) is 47.8 Å². The number of nitrogens with zero attached hydrogens (tertiary/aromatic N) is 4. The molecular formula is C23H25N4OP. The first-order valence-electron chi connectivity index (χ1n) is 10.2. The molecule has 29 heavy (non-hydrogen) atoms. The fraction of sp³-hybridized carbons (Fsp3) is 0.304. The summed E-state index contributed by atoms with van der Waals surface area (Å²) in [5.74, 6) is 0.190. The van der Waals surface area contributed by atoms with Crippen LogP contribution in [0, 0.1) is 0 Å². The highest BCUT2D eigenvalue weighted by molar-refractivity contribution is 7.51. The monoisotopic (exact) mass is 404 g/mol. The van der Waals surface area contributed by atoms with E-state index in [1.165, 1.54) is 11.1 Å². The Kier molecular flexibility index (Phi) is 4.73. The number of carbonyl (C=O) groups excluding carboxylic acids is 1. The maximum absolute atomic E-state index is 12.9. The van der Waals surface area contributed by atoms with Crippen LogP contribution in [-0.4, -0.2) is 50.9 Å². The first-order valence-corrected chi connectivity index (χ1v) is 11.2. The minimum atomic E-state index is 0.0727. The Hall–Kier alpha value is -2.49. The lowest BCUT2D eigenvalue weighted by Gasteiger charge is -2.35. The maximum Gasteiger partial charge on any atom is 0.252 e. The van der Waals surface area contributed by atoms with E-state index in [1.54, 1.807) is 0 Å². The van der Waals surface area contributed by atoms with E-state index in [-0.39, 0.29) is 11.7 Å². The molecule has 0 saturated carbocycles. The first-order chi connectivity index (χ1) is 14.1.